The normalized spacial score (nSPS) is 16.1. The molecule has 0 saturated heterocycles. The van der Waals surface area contributed by atoms with Crippen LogP contribution < -0.4 is 4.74 Å². The van der Waals surface area contributed by atoms with Crippen LogP contribution in [0.2, 0.25) is 0 Å². The molecule has 0 amide bonds. The molecule has 6 nitrogen and oxygen atoms in total. The highest BCUT2D eigenvalue weighted by molar-refractivity contribution is 6.01. The summed E-state index contributed by atoms with van der Waals surface area (Å²) in [6.45, 7) is 2.16. The Labute approximate surface area is 205 Å². The van der Waals surface area contributed by atoms with E-state index >= 15 is 0 Å². The van der Waals surface area contributed by atoms with Crippen LogP contribution in [-0.4, -0.2) is 54.7 Å². The van der Waals surface area contributed by atoms with E-state index in [0.717, 1.165) is 16.9 Å². The summed E-state index contributed by atoms with van der Waals surface area (Å²) in [5.74, 6) is 0.464. The van der Waals surface area contributed by atoms with Gasteiger partial charge in [-0.05, 0) is 29.3 Å². The second kappa shape index (κ2) is 12.4. The lowest BCUT2D eigenvalue weighted by atomic mass is 10.0. The van der Waals surface area contributed by atoms with Gasteiger partial charge < -0.3 is 19.4 Å². The van der Waals surface area contributed by atoms with E-state index in [4.69, 9.17) is 14.3 Å². The molecule has 35 heavy (non-hydrogen) atoms. The van der Waals surface area contributed by atoms with Gasteiger partial charge in [0.05, 0.1) is 32.1 Å². The number of aliphatic hydroxyl groups excluding tert-OH is 1. The van der Waals surface area contributed by atoms with Crippen molar-refractivity contribution in [2.24, 2.45) is 5.16 Å². The molecule has 1 aliphatic rings. The number of hydrogen-bond donors (Lipinski definition) is 1. The molecule has 1 aliphatic heterocycles. The Hall–Kier alpha value is -3.26. The molecular weight excluding hydrogens is 447 g/mol. The van der Waals surface area contributed by atoms with Crippen LogP contribution in [0.15, 0.2) is 84.0 Å². The van der Waals surface area contributed by atoms with Gasteiger partial charge in [-0.3, -0.25) is 4.90 Å². The maximum Gasteiger partial charge on any atom is 0.145 e. The number of ether oxygens (including phenoxy) is 2. The lowest BCUT2D eigenvalue weighted by Gasteiger charge is -2.27. The summed E-state index contributed by atoms with van der Waals surface area (Å²) in [7, 11) is 1.64. The molecule has 2 unspecified atom stereocenters. The molecule has 0 aromatic heterocycles. The van der Waals surface area contributed by atoms with Gasteiger partial charge in [0.2, 0.25) is 0 Å². The third-order valence-electron chi connectivity index (χ3n) is 5.81. The first kappa shape index (κ1) is 24.9. The molecule has 184 valence electrons. The first-order valence-electron chi connectivity index (χ1n) is 11.7. The number of aliphatic hydroxyl groups is 1. The molecule has 0 bridgehead atoms. The van der Waals surface area contributed by atoms with Gasteiger partial charge >= 0.3 is 0 Å². The van der Waals surface area contributed by atoms with E-state index in [9.17, 15) is 9.50 Å². The number of rotatable bonds is 12. The SMILES string of the molecule is COc1cccc(CN(CC(O)COCc2ccccc2)CC2CC(c3ccccc3F)=NO2)c1. The van der Waals surface area contributed by atoms with Crippen molar-refractivity contribution in [1.82, 2.24) is 4.90 Å². The summed E-state index contributed by atoms with van der Waals surface area (Å²) in [5.41, 5.74) is 3.17. The summed E-state index contributed by atoms with van der Waals surface area (Å²) < 4.78 is 25.3. The summed E-state index contributed by atoms with van der Waals surface area (Å²) in [4.78, 5) is 7.76. The van der Waals surface area contributed by atoms with Crippen LogP contribution in [0.25, 0.3) is 0 Å². The van der Waals surface area contributed by atoms with Gasteiger partial charge in [0.15, 0.2) is 0 Å². The van der Waals surface area contributed by atoms with Crippen LogP contribution in [0.3, 0.4) is 0 Å². The molecule has 0 saturated carbocycles. The number of nitrogens with zero attached hydrogens (tertiary/aromatic N) is 2. The van der Waals surface area contributed by atoms with Crippen LogP contribution in [-0.2, 0) is 22.7 Å². The van der Waals surface area contributed by atoms with Crippen molar-refractivity contribution in [2.45, 2.75) is 31.8 Å². The van der Waals surface area contributed by atoms with Crippen molar-refractivity contribution in [3.05, 3.63) is 101 Å². The van der Waals surface area contributed by atoms with Crippen molar-refractivity contribution in [3.8, 4) is 5.75 Å². The molecule has 4 rings (SSSR count). The summed E-state index contributed by atoms with van der Waals surface area (Å²) in [5, 5.41) is 14.8. The summed E-state index contributed by atoms with van der Waals surface area (Å²) >= 11 is 0. The lowest BCUT2D eigenvalue weighted by molar-refractivity contribution is -0.00649. The number of oxime groups is 1. The highest BCUT2D eigenvalue weighted by Crippen LogP contribution is 2.21. The van der Waals surface area contributed by atoms with Crippen molar-refractivity contribution in [2.75, 3.05) is 26.8 Å². The van der Waals surface area contributed by atoms with E-state index in [2.05, 4.69) is 10.1 Å². The zero-order valence-corrected chi connectivity index (χ0v) is 19.8. The van der Waals surface area contributed by atoms with Gasteiger partial charge in [-0.2, -0.15) is 0 Å². The Kier molecular flexibility index (Phi) is 8.84. The lowest BCUT2D eigenvalue weighted by Crippen LogP contribution is -2.39. The van der Waals surface area contributed by atoms with Crippen molar-refractivity contribution < 1.29 is 23.8 Å². The molecule has 0 radical (unpaired) electrons. The highest BCUT2D eigenvalue weighted by atomic mass is 19.1. The van der Waals surface area contributed by atoms with Crippen molar-refractivity contribution in [3.63, 3.8) is 0 Å². The first-order chi connectivity index (χ1) is 17.1. The Morgan fingerprint density at radius 3 is 2.63 bits per heavy atom. The molecule has 3 aromatic rings. The van der Waals surface area contributed by atoms with E-state index in [0.29, 0.717) is 43.9 Å². The quantitative estimate of drug-likeness (QED) is 0.418. The Balaban J connectivity index is 1.37. The van der Waals surface area contributed by atoms with Crippen molar-refractivity contribution >= 4 is 5.71 Å². The van der Waals surface area contributed by atoms with Crippen LogP contribution in [0, 0.1) is 5.82 Å². The van der Waals surface area contributed by atoms with Gasteiger partial charge in [-0.1, -0.05) is 65.8 Å². The van der Waals surface area contributed by atoms with Crippen LogP contribution >= 0.6 is 0 Å². The van der Waals surface area contributed by atoms with E-state index in [1.807, 2.05) is 54.6 Å². The Morgan fingerprint density at radius 1 is 1.06 bits per heavy atom. The van der Waals surface area contributed by atoms with Crippen molar-refractivity contribution in [1.29, 1.82) is 0 Å². The van der Waals surface area contributed by atoms with Gasteiger partial charge in [0.25, 0.3) is 0 Å². The molecule has 1 N–H and O–H groups in total. The molecule has 3 aromatic carbocycles. The maximum atomic E-state index is 14.2. The predicted molar refractivity (Wildman–Crippen MR) is 133 cm³/mol. The average Bonchev–Trinajstić information content (AvgIpc) is 3.33. The molecule has 0 spiro atoms. The molecular formula is C28H31FN2O4. The summed E-state index contributed by atoms with van der Waals surface area (Å²) in [6, 6.07) is 24.3. The van der Waals surface area contributed by atoms with Gasteiger partial charge in [-0.15, -0.1) is 0 Å². The highest BCUT2D eigenvalue weighted by Gasteiger charge is 2.27. The average molecular weight is 479 g/mol. The minimum Gasteiger partial charge on any atom is -0.497 e. The fraction of sp³-hybridized carbons (Fsp3) is 0.321. The number of halogens is 1. The third-order valence-corrected chi connectivity index (χ3v) is 5.81. The van der Waals surface area contributed by atoms with Gasteiger partial charge in [0, 0.05) is 31.6 Å². The number of hydrogen-bond acceptors (Lipinski definition) is 6. The van der Waals surface area contributed by atoms with E-state index < -0.39 is 6.10 Å². The molecule has 2 atom stereocenters. The van der Waals surface area contributed by atoms with Crippen LogP contribution in [0.5, 0.6) is 5.75 Å². The minimum atomic E-state index is -0.683. The second-order valence-corrected chi connectivity index (χ2v) is 8.65. The Morgan fingerprint density at radius 2 is 1.83 bits per heavy atom. The fourth-order valence-electron chi connectivity index (χ4n) is 4.14. The molecule has 0 aliphatic carbocycles. The fourth-order valence-corrected chi connectivity index (χ4v) is 4.14. The molecule has 0 fully saturated rings. The largest absolute Gasteiger partial charge is 0.497 e. The summed E-state index contributed by atoms with van der Waals surface area (Å²) in [6.07, 6.45) is -0.429. The van der Waals surface area contributed by atoms with Crippen LogP contribution in [0.4, 0.5) is 4.39 Å². The first-order valence-corrected chi connectivity index (χ1v) is 11.7. The van der Waals surface area contributed by atoms with Crippen LogP contribution in [0.1, 0.15) is 23.1 Å². The predicted octanol–water partition coefficient (Wildman–Crippen LogP) is 4.41. The number of benzene rings is 3. The number of methoxy groups -OCH3 is 1. The maximum absolute atomic E-state index is 14.2. The zero-order valence-electron chi connectivity index (χ0n) is 19.8. The molecule has 7 heteroatoms. The minimum absolute atomic E-state index is 0.214. The molecule has 1 heterocycles. The third kappa shape index (κ3) is 7.36. The van der Waals surface area contributed by atoms with Gasteiger partial charge in [0.1, 0.15) is 17.7 Å². The zero-order chi connectivity index (χ0) is 24.5. The smallest absolute Gasteiger partial charge is 0.145 e. The van der Waals surface area contributed by atoms with E-state index in [1.54, 1.807) is 25.3 Å². The standard InChI is InChI=1S/C28H31FN2O4/c1-33-24-11-7-10-22(14-24)16-31(17-23(32)20-34-19-21-8-3-2-4-9-21)18-25-15-28(30-35-25)26-12-5-6-13-27(26)29/h2-14,23,25,32H,15-20H2,1H3. The van der Waals surface area contributed by atoms with E-state index in [-0.39, 0.29) is 18.5 Å². The van der Waals surface area contributed by atoms with Gasteiger partial charge in [-0.25, -0.2) is 4.39 Å². The second-order valence-electron chi connectivity index (χ2n) is 8.65. The topological polar surface area (TPSA) is 63.5 Å². The van der Waals surface area contributed by atoms with E-state index in [1.165, 1.54) is 6.07 Å². The Bertz CT molecular complexity index is 1110. The monoisotopic (exact) mass is 478 g/mol.